The maximum absolute atomic E-state index is 11.8. The number of carbonyl (C=O) groups excluding carboxylic acids is 2. The Kier molecular flexibility index (Phi) is 3.80. The van der Waals surface area contributed by atoms with Crippen LogP contribution in [0.5, 0.6) is 0 Å². The Morgan fingerprint density at radius 3 is 2.65 bits per heavy atom. The molecule has 0 aromatic heterocycles. The monoisotopic (exact) mass is 324 g/mol. The summed E-state index contributed by atoms with van der Waals surface area (Å²) in [5, 5.41) is 21.0. The van der Waals surface area contributed by atoms with E-state index >= 15 is 0 Å². The molecule has 23 heavy (non-hydrogen) atoms. The van der Waals surface area contributed by atoms with E-state index in [1.807, 2.05) is 13.8 Å². The van der Waals surface area contributed by atoms with Crippen LogP contribution in [0.15, 0.2) is 12.2 Å². The van der Waals surface area contributed by atoms with Crippen LogP contribution in [0.3, 0.4) is 0 Å². The number of carbonyl (C=O) groups is 2. The first-order valence-corrected chi connectivity index (χ1v) is 8.10. The third-order valence-electron chi connectivity index (χ3n) is 6.03. The Bertz CT molecular complexity index is 557. The van der Waals surface area contributed by atoms with Gasteiger partial charge in [-0.15, -0.1) is 0 Å². The summed E-state index contributed by atoms with van der Waals surface area (Å²) in [6.07, 6.45) is -2.06. The van der Waals surface area contributed by atoms with Crippen LogP contribution in [0, 0.1) is 23.2 Å². The predicted octanol–water partition coefficient (Wildman–Crippen LogP) is 0.804. The fourth-order valence-electron chi connectivity index (χ4n) is 5.11. The molecule has 2 saturated carbocycles. The normalized spacial score (nSPS) is 49.2. The van der Waals surface area contributed by atoms with Gasteiger partial charge in [-0.25, -0.2) is 4.79 Å². The van der Waals surface area contributed by atoms with Crippen LogP contribution in [0.4, 0.5) is 0 Å². The van der Waals surface area contributed by atoms with Crippen molar-refractivity contribution in [3.63, 3.8) is 0 Å². The molecule has 0 bridgehead atoms. The summed E-state index contributed by atoms with van der Waals surface area (Å²) in [6, 6.07) is 0. The summed E-state index contributed by atoms with van der Waals surface area (Å²) < 4.78 is 10.8. The van der Waals surface area contributed by atoms with Crippen LogP contribution < -0.4 is 0 Å². The smallest absolute Gasteiger partial charge is 0.334 e. The average molecular weight is 324 g/mol. The van der Waals surface area contributed by atoms with Gasteiger partial charge in [-0.05, 0) is 24.7 Å². The molecular weight excluding hydrogens is 300 g/mol. The van der Waals surface area contributed by atoms with Gasteiger partial charge >= 0.3 is 11.9 Å². The number of esters is 2. The van der Waals surface area contributed by atoms with Crippen molar-refractivity contribution in [2.75, 3.05) is 0 Å². The summed E-state index contributed by atoms with van der Waals surface area (Å²) in [6.45, 7) is 9.03. The lowest BCUT2D eigenvalue weighted by Crippen LogP contribution is -2.41. The molecule has 2 N–H and O–H groups in total. The largest absolute Gasteiger partial charge is 0.459 e. The molecule has 128 valence electrons. The van der Waals surface area contributed by atoms with Gasteiger partial charge in [0.1, 0.15) is 18.3 Å². The average Bonchev–Trinajstić information content (AvgIpc) is 2.74. The van der Waals surface area contributed by atoms with E-state index in [0.29, 0.717) is 18.4 Å². The standard InChI is InChI=1S/C17H24O6/c1-7-5-11-10(8(2)16(21)23-11)6-17(4)12(7)13(19)14(20)15(17)22-9(3)18/h7,10-15,19-20H,2,5-6H2,1,3-4H3/t7-,10-,11-,12-,13-,14-,15+,17+/m1/s1. The fraction of sp³-hybridized carbons (Fsp3) is 0.765. The van der Waals surface area contributed by atoms with Gasteiger partial charge in [-0.2, -0.15) is 0 Å². The van der Waals surface area contributed by atoms with Crippen molar-refractivity contribution in [3.8, 4) is 0 Å². The first-order valence-electron chi connectivity index (χ1n) is 8.10. The Hall–Kier alpha value is -1.40. The first-order chi connectivity index (χ1) is 10.7. The molecule has 1 saturated heterocycles. The zero-order valence-electron chi connectivity index (χ0n) is 13.7. The minimum Gasteiger partial charge on any atom is -0.459 e. The first kappa shape index (κ1) is 16.5. The summed E-state index contributed by atoms with van der Waals surface area (Å²) in [5.41, 5.74) is -0.207. The Morgan fingerprint density at radius 1 is 1.39 bits per heavy atom. The van der Waals surface area contributed by atoms with Gasteiger partial charge in [0.25, 0.3) is 0 Å². The summed E-state index contributed by atoms with van der Waals surface area (Å²) in [5.74, 6) is -1.26. The number of rotatable bonds is 1. The molecule has 8 atom stereocenters. The molecule has 3 rings (SSSR count). The Labute approximate surface area is 135 Å². The molecule has 6 heteroatoms. The van der Waals surface area contributed by atoms with Crippen molar-refractivity contribution >= 4 is 11.9 Å². The van der Waals surface area contributed by atoms with Crippen LogP contribution >= 0.6 is 0 Å². The molecular formula is C17H24O6. The second kappa shape index (κ2) is 5.31. The van der Waals surface area contributed by atoms with Gasteiger partial charge in [0.2, 0.25) is 0 Å². The number of aliphatic hydroxyl groups is 2. The highest BCUT2D eigenvalue weighted by atomic mass is 16.6. The zero-order valence-corrected chi connectivity index (χ0v) is 13.7. The van der Waals surface area contributed by atoms with E-state index in [0.717, 1.165) is 0 Å². The molecule has 0 spiro atoms. The molecule has 2 aliphatic carbocycles. The van der Waals surface area contributed by atoms with E-state index in [2.05, 4.69) is 6.58 Å². The van der Waals surface area contributed by atoms with Gasteiger partial charge in [0.15, 0.2) is 0 Å². The van der Waals surface area contributed by atoms with Gasteiger partial charge < -0.3 is 19.7 Å². The molecule has 0 aromatic rings. The maximum atomic E-state index is 11.8. The van der Waals surface area contributed by atoms with E-state index < -0.39 is 29.7 Å². The number of aliphatic hydroxyl groups excluding tert-OH is 2. The van der Waals surface area contributed by atoms with Crippen molar-refractivity contribution in [2.45, 2.75) is 58.0 Å². The van der Waals surface area contributed by atoms with E-state index in [-0.39, 0.29) is 29.8 Å². The zero-order chi connectivity index (χ0) is 17.1. The summed E-state index contributed by atoms with van der Waals surface area (Å²) >= 11 is 0. The van der Waals surface area contributed by atoms with Crippen LogP contribution in [-0.4, -0.2) is 46.6 Å². The third kappa shape index (κ3) is 2.31. The van der Waals surface area contributed by atoms with Crippen LogP contribution in [0.2, 0.25) is 0 Å². The second-order valence-corrected chi connectivity index (χ2v) is 7.54. The Balaban J connectivity index is 2.01. The van der Waals surface area contributed by atoms with Gasteiger partial charge in [0, 0.05) is 23.8 Å². The second-order valence-electron chi connectivity index (χ2n) is 7.54. The van der Waals surface area contributed by atoms with E-state index in [9.17, 15) is 19.8 Å². The van der Waals surface area contributed by atoms with Gasteiger partial charge in [0.05, 0.1) is 6.10 Å². The highest BCUT2D eigenvalue weighted by Crippen LogP contribution is 2.57. The van der Waals surface area contributed by atoms with Crippen molar-refractivity contribution in [2.24, 2.45) is 23.2 Å². The lowest BCUT2D eigenvalue weighted by Gasteiger charge is -2.38. The van der Waals surface area contributed by atoms with E-state index in [1.165, 1.54) is 6.92 Å². The minimum absolute atomic E-state index is 0.0129. The molecule has 1 aliphatic heterocycles. The highest BCUT2D eigenvalue weighted by molar-refractivity contribution is 5.90. The predicted molar refractivity (Wildman–Crippen MR) is 80.1 cm³/mol. The molecule has 6 nitrogen and oxygen atoms in total. The topological polar surface area (TPSA) is 93.1 Å². The third-order valence-corrected chi connectivity index (χ3v) is 6.03. The van der Waals surface area contributed by atoms with E-state index in [4.69, 9.17) is 9.47 Å². The van der Waals surface area contributed by atoms with Crippen molar-refractivity contribution in [1.29, 1.82) is 0 Å². The number of fused-ring (bicyclic) bond motifs is 2. The molecule has 0 unspecified atom stereocenters. The number of hydrogen-bond acceptors (Lipinski definition) is 6. The SMILES string of the molecule is C=C1C(=O)O[C@@H]2C[C@@H](C)[C@@H]3[C@@H](O)[C@@H](O)[C@H](OC(C)=O)[C@@]3(C)C[C@H]12. The van der Waals surface area contributed by atoms with Crippen LogP contribution in [0.25, 0.3) is 0 Å². The number of hydrogen-bond donors (Lipinski definition) is 2. The van der Waals surface area contributed by atoms with Gasteiger partial charge in [-0.1, -0.05) is 20.4 Å². The van der Waals surface area contributed by atoms with Crippen molar-refractivity contribution in [3.05, 3.63) is 12.2 Å². The fourth-order valence-corrected chi connectivity index (χ4v) is 5.11. The quantitative estimate of drug-likeness (QED) is 0.547. The van der Waals surface area contributed by atoms with Crippen molar-refractivity contribution in [1.82, 2.24) is 0 Å². The lowest BCUT2D eigenvalue weighted by atomic mass is 9.69. The molecule has 0 radical (unpaired) electrons. The van der Waals surface area contributed by atoms with Crippen LogP contribution in [0.1, 0.15) is 33.6 Å². The van der Waals surface area contributed by atoms with Crippen molar-refractivity contribution < 1.29 is 29.3 Å². The maximum Gasteiger partial charge on any atom is 0.334 e. The molecule has 1 heterocycles. The van der Waals surface area contributed by atoms with E-state index in [1.54, 1.807) is 0 Å². The highest BCUT2D eigenvalue weighted by Gasteiger charge is 2.64. The number of ether oxygens (including phenoxy) is 2. The summed E-state index contributed by atoms with van der Waals surface area (Å²) in [4.78, 5) is 23.3. The lowest BCUT2D eigenvalue weighted by molar-refractivity contribution is -0.160. The molecule has 3 fully saturated rings. The van der Waals surface area contributed by atoms with Gasteiger partial charge in [-0.3, -0.25) is 4.79 Å². The summed E-state index contributed by atoms with van der Waals surface area (Å²) in [7, 11) is 0. The Morgan fingerprint density at radius 2 is 2.04 bits per heavy atom. The minimum atomic E-state index is -1.13. The molecule has 3 aliphatic rings. The van der Waals surface area contributed by atoms with Crippen LogP contribution in [-0.2, 0) is 19.1 Å². The molecule has 0 aromatic carbocycles. The molecule has 0 amide bonds.